The quantitative estimate of drug-likeness (QED) is 0.836. The van der Waals surface area contributed by atoms with Gasteiger partial charge >= 0.3 is 6.03 Å². The summed E-state index contributed by atoms with van der Waals surface area (Å²) >= 11 is 1.78. The van der Waals surface area contributed by atoms with Crippen LogP contribution in [-0.4, -0.2) is 19.6 Å². The highest BCUT2D eigenvalue weighted by Gasteiger charge is 2.06. The fourth-order valence-corrected chi connectivity index (χ4v) is 3.24. The highest BCUT2D eigenvalue weighted by molar-refractivity contribution is 7.17. The molecule has 0 aliphatic heterocycles. The summed E-state index contributed by atoms with van der Waals surface area (Å²) in [6.45, 7) is 2.89. The summed E-state index contributed by atoms with van der Waals surface area (Å²) in [5.41, 5.74) is 2.75. The maximum atomic E-state index is 11.2. The lowest BCUT2D eigenvalue weighted by atomic mass is 10.0. The Morgan fingerprint density at radius 3 is 2.90 bits per heavy atom. The van der Waals surface area contributed by atoms with Crippen molar-refractivity contribution in [1.82, 2.24) is 10.6 Å². The second-order valence-corrected chi connectivity index (χ2v) is 5.86. The summed E-state index contributed by atoms with van der Waals surface area (Å²) in [7, 11) is 1.63. The Bertz CT molecular complexity index is 577. The highest BCUT2D eigenvalue weighted by Crippen LogP contribution is 2.27. The minimum atomic E-state index is -0.117. The number of fused-ring (bicyclic) bond motifs is 1. The van der Waals surface area contributed by atoms with Crippen molar-refractivity contribution in [2.75, 3.05) is 13.6 Å². The monoisotopic (exact) mass is 290 g/mol. The molecule has 2 rings (SSSR count). The molecule has 0 aliphatic carbocycles. The van der Waals surface area contributed by atoms with Crippen molar-refractivity contribution in [3.05, 3.63) is 34.7 Å². The number of carbonyl (C=O) groups excluding carboxylic acids is 1. The first-order chi connectivity index (χ1) is 9.74. The molecule has 2 amide bonds. The molecule has 2 N–H and O–H groups in total. The SMILES string of the molecule is CCCCc1ccc2scc(CCNC(=O)NC)c2c1. The summed E-state index contributed by atoms with van der Waals surface area (Å²) in [4.78, 5) is 11.2. The lowest BCUT2D eigenvalue weighted by Gasteiger charge is -2.05. The molecule has 0 unspecified atom stereocenters. The summed E-state index contributed by atoms with van der Waals surface area (Å²) < 4.78 is 1.33. The van der Waals surface area contributed by atoms with E-state index in [-0.39, 0.29) is 6.03 Å². The predicted octanol–water partition coefficient (Wildman–Crippen LogP) is 3.72. The Balaban J connectivity index is 2.06. The molecule has 1 aromatic carbocycles. The lowest BCUT2D eigenvalue weighted by molar-refractivity contribution is 0.243. The topological polar surface area (TPSA) is 41.1 Å². The molecule has 0 bridgehead atoms. The second-order valence-electron chi connectivity index (χ2n) is 4.95. The zero-order valence-electron chi connectivity index (χ0n) is 12.2. The summed E-state index contributed by atoms with van der Waals surface area (Å²) in [5, 5.41) is 8.96. The van der Waals surface area contributed by atoms with Gasteiger partial charge in [0.1, 0.15) is 0 Å². The zero-order valence-corrected chi connectivity index (χ0v) is 13.0. The molecule has 0 atom stereocenters. The molecule has 0 radical (unpaired) electrons. The van der Waals surface area contributed by atoms with E-state index in [9.17, 15) is 4.79 Å². The number of benzene rings is 1. The van der Waals surface area contributed by atoms with Gasteiger partial charge < -0.3 is 10.6 Å². The molecular formula is C16H22N2OS. The van der Waals surface area contributed by atoms with Crippen LogP contribution in [0.25, 0.3) is 10.1 Å². The van der Waals surface area contributed by atoms with Crippen LogP contribution in [0.5, 0.6) is 0 Å². The number of amides is 2. The van der Waals surface area contributed by atoms with E-state index in [0.717, 1.165) is 12.8 Å². The number of thiophene rings is 1. The van der Waals surface area contributed by atoms with Gasteiger partial charge in [0.05, 0.1) is 0 Å². The van der Waals surface area contributed by atoms with Crippen molar-refractivity contribution < 1.29 is 4.79 Å². The van der Waals surface area contributed by atoms with Gasteiger partial charge in [-0.15, -0.1) is 11.3 Å². The molecule has 2 aromatic rings. The molecule has 0 fully saturated rings. The van der Waals surface area contributed by atoms with E-state index in [1.54, 1.807) is 18.4 Å². The van der Waals surface area contributed by atoms with Gasteiger partial charge in [-0.1, -0.05) is 25.5 Å². The average molecular weight is 290 g/mol. The third-order valence-electron chi connectivity index (χ3n) is 3.44. The number of urea groups is 1. The number of hydrogen-bond donors (Lipinski definition) is 2. The third kappa shape index (κ3) is 3.73. The van der Waals surface area contributed by atoms with Gasteiger partial charge in [-0.05, 0) is 47.2 Å². The molecule has 1 aromatic heterocycles. The number of nitrogens with one attached hydrogen (secondary N) is 2. The standard InChI is InChI=1S/C16H22N2OS/c1-3-4-5-12-6-7-15-14(10-12)13(11-20-15)8-9-18-16(19)17-2/h6-7,10-11H,3-5,8-9H2,1-2H3,(H2,17,18,19). The van der Waals surface area contributed by atoms with E-state index in [1.807, 2.05) is 0 Å². The normalized spacial score (nSPS) is 10.7. The molecule has 0 spiro atoms. The Morgan fingerprint density at radius 1 is 1.30 bits per heavy atom. The van der Waals surface area contributed by atoms with Gasteiger partial charge in [0.2, 0.25) is 0 Å². The minimum absolute atomic E-state index is 0.117. The Labute approximate surface area is 124 Å². The van der Waals surface area contributed by atoms with E-state index in [2.05, 4.69) is 41.1 Å². The van der Waals surface area contributed by atoms with E-state index in [1.165, 1.54) is 34.1 Å². The Morgan fingerprint density at radius 2 is 2.15 bits per heavy atom. The van der Waals surface area contributed by atoms with Gasteiger partial charge in [-0.3, -0.25) is 0 Å². The predicted molar refractivity (Wildman–Crippen MR) is 86.6 cm³/mol. The van der Waals surface area contributed by atoms with Crippen molar-refractivity contribution in [1.29, 1.82) is 0 Å². The van der Waals surface area contributed by atoms with Gasteiger partial charge in [0.25, 0.3) is 0 Å². The maximum Gasteiger partial charge on any atom is 0.314 e. The smallest absolute Gasteiger partial charge is 0.314 e. The minimum Gasteiger partial charge on any atom is -0.341 e. The van der Waals surface area contributed by atoms with E-state index in [4.69, 9.17) is 0 Å². The fraction of sp³-hybridized carbons (Fsp3) is 0.438. The molecule has 4 heteroatoms. The van der Waals surface area contributed by atoms with Crippen LogP contribution in [0.15, 0.2) is 23.6 Å². The zero-order chi connectivity index (χ0) is 14.4. The van der Waals surface area contributed by atoms with Crippen LogP contribution in [0.4, 0.5) is 4.79 Å². The molecule has 0 aliphatic rings. The average Bonchev–Trinajstić information content (AvgIpc) is 2.87. The van der Waals surface area contributed by atoms with Gasteiger partial charge in [0.15, 0.2) is 0 Å². The number of rotatable bonds is 6. The number of aryl methyl sites for hydroxylation is 1. The van der Waals surface area contributed by atoms with Gasteiger partial charge in [-0.25, -0.2) is 4.79 Å². The molecule has 1 heterocycles. The van der Waals surface area contributed by atoms with Crippen LogP contribution < -0.4 is 10.6 Å². The first-order valence-electron chi connectivity index (χ1n) is 7.19. The molecule has 20 heavy (non-hydrogen) atoms. The van der Waals surface area contributed by atoms with E-state index in [0.29, 0.717) is 6.54 Å². The highest BCUT2D eigenvalue weighted by atomic mass is 32.1. The largest absolute Gasteiger partial charge is 0.341 e. The van der Waals surface area contributed by atoms with Crippen molar-refractivity contribution >= 4 is 27.5 Å². The van der Waals surface area contributed by atoms with Crippen LogP contribution >= 0.6 is 11.3 Å². The van der Waals surface area contributed by atoms with Crippen LogP contribution in [-0.2, 0) is 12.8 Å². The van der Waals surface area contributed by atoms with Crippen LogP contribution in [0, 0.1) is 0 Å². The van der Waals surface area contributed by atoms with E-state index < -0.39 is 0 Å². The first-order valence-corrected chi connectivity index (χ1v) is 8.07. The molecular weight excluding hydrogens is 268 g/mol. The van der Waals surface area contributed by atoms with Crippen LogP contribution in [0.1, 0.15) is 30.9 Å². The van der Waals surface area contributed by atoms with Crippen LogP contribution in [0.2, 0.25) is 0 Å². The fourth-order valence-electron chi connectivity index (χ4n) is 2.26. The third-order valence-corrected chi connectivity index (χ3v) is 4.46. The Kier molecular flexibility index (Phi) is 5.41. The van der Waals surface area contributed by atoms with E-state index >= 15 is 0 Å². The number of carbonyl (C=O) groups is 1. The molecule has 0 saturated heterocycles. The van der Waals surface area contributed by atoms with Crippen molar-refractivity contribution in [2.45, 2.75) is 32.6 Å². The van der Waals surface area contributed by atoms with Gasteiger partial charge in [0, 0.05) is 18.3 Å². The summed E-state index contributed by atoms with van der Waals surface area (Å²) in [5.74, 6) is 0. The number of unbranched alkanes of at least 4 members (excludes halogenated alkanes) is 1. The molecule has 0 saturated carbocycles. The maximum absolute atomic E-state index is 11.2. The number of hydrogen-bond acceptors (Lipinski definition) is 2. The summed E-state index contributed by atoms with van der Waals surface area (Å²) in [6, 6.07) is 6.66. The summed E-state index contributed by atoms with van der Waals surface area (Å²) in [6.07, 6.45) is 4.50. The molecule has 108 valence electrons. The molecule has 3 nitrogen and oxygen atoms in total. The van der Waals surface area contributed by atoms with Crippen LogP contribution in [0.3, 0.4) is 0 Å². The Hall–Kier alpha value is -1.55. The first kappa shape index (κ1) is 14.9. The van der Waals surface area contributed by atoms with Crippen molar-refractivity contribution in [3.8, 4) is 0 Å². The van der Waals surface area contributed by atoms with Crippen molar-refractivity contribution in [3.63, 3.8) is 0 Å². The van der Waals surface area contributed by atoms with Gasteiger partial charge in [-0.2, -0.15) is 0 Å². The van der Waals surface area contributed by atoms with Crippen molar-refractivity contribution in [2.24, 2.45) is 0 Å². The lowest BCUT2D eigenvalue weighted by Crippen LogP contribution is -2.33. The second kappa shape index (κ2) is 7.29.